The number of carbonyl (C=O) groups excluding carboxylic acids is 2. The quantitative estimate of drug-likeness (QED) is 0.101. The van der Waals surface area contributed by atoms with Gasteiger partial charge in [0.25, 0.3) is 11.8 Å². The van der Waals surface area contributed by atoms with E-state index >= 15 is 0 Å². The number of hydrogen-bond acceptors (Lipinski definition) is 11. The molecule has 0 saturated carbocycles. The first kappa shape index (κ1) is 35.2. The van der Waals surface area contributed by atoms with E-state index in [0.717, 1.165) is 6.42 Å². The van der Waals surface area contributed by atoms with Gasteiger partial charge in [0.1, 0.15) is 0 Å². The van der Waals surface area contributed by atoms with E-state index in [4.69, 9.17) is 42.6 Å². The minimum atomic E-state index is -0.213. The van der Waals surface area contributed by atoms with Gasteiger partial charge >= 0.3 is 0 Å². The molecule has 0 radical (unpaired) electrons. The third-order valence-corrected chi connectivity index (χ3v) is 5.83. The second-order valence-corrected chi connectivity index (χ2v) is 8.91. The average Bonchev–Trinajstić information content (AvgIpc) is 3.23. The molecule has 1 aliphatic rings. The normalized spacial score (nSPS) is 13.0. The molecule has 234 valence electrons. The maximum Gasteiger partial charge on any atom is 0.261 e. The molecule has 2 amide bonds. The summed E-state index contributed by atoms with van der Waals surface area (Å²) >= 11 is 0. The summed E-state index contributed by atoms with van der Waals surface area (Å²) in [5.41, 5.74) is 0.973. The van der Waals surface area contributed by atoms with Gasteiger partial charge in [-0.15, -0.1) is 0 Å². The molecule has 0 fully saturated rings. The number of methoxy groups -OCH3 is 1. The molecular weight excluding hydrogens is 538 g/mol. The lowest BCUT2D eigenvalue weighted by Crippen LogP contribution is -2.30. The van der Waals surface area contributed by atoms with Gasteiger partial charge in [-0.3, -0.25) is 14.5 Å². The predicted octanol–water partition coefficient (Wildman–Crippen LogP) is 1.84. The van der Waals surface area contributed by atoms with Crippen LogP contribution in [-0.2, 0) is 42.6 Å². The average molecular weight is 586 g/mol. The van der Waals surface area contributed by atoms with Crippen LogP contribution in [0.25, 0.3) is 0 Å². The number of benzene rings is 1. The monoisotopic (exact) mass is 585 g/mol. The minimum absolute atomic E-state index is 0.213. The number of hydrogen-bond donors (Lipinski definition) is 0. The standard InChI is InChI=1S/C29H47NO11/c1-33-10-11-35-14-15-37-18-19-39-22-23-41-25-24-40-21-20-38-17-16-36-13-12-34-9-5-4-8-30-28(31)26-6-2-3-7-27(26)29(30)32/h2-3,6-7H,4-5,8-25H2,1H3. The lowest BCUT2D eigenvalue weighted by molar-refractivity contribution is -0.0243. The second-order valence-electron chi connectivity index (χ2n) is 8.91. The van der Waals surface area contributed by atoms with Crippen molar-refractivity contribution in [2.45, 2.75) is 12.8 Å². The fourth-order valence-electron chi connectivity index (χ4n) is 3.70. The van der Waals surface area contributed by atoms with Gasteiger partial charge in [-0.1, -0.05) is 12.1 Å². The third-order valence-electron chi connectivity index (χ3n) is 5.83. The number of unbranched alkanes of at least 4 members (excludes halogenated alkanes) is 1. The summed E-state index contributed by atoms with van der Waals surface area (Å²) < 4.78 is 48.4. The molecule has 0 aromatic heterocycles. The topological polar surface area (TPSA) is 120 Å². The number of ether oxygens (including phenoxy) is 9. The van der Waals surface area contributed by atoms with Crippen LogP contribution in [0.3, 0.4) is 0 Å². The van der Waals surface area contributed by atoms with Gasteiger partial charge in [-0.25, -0.2) is 0 Å². The fourth-order valence-corrected chi connectivity index (χ4v) is 3.70. The van der Waals surface area contributed by atoms with E-state index < -0.39 is 0 Å². The first-order valence-corrected chi connectivity index (χ1v) is 14.3. The molecule has 0 aliphatic carbocycles. The van der Waals surface area contributed by atoms with Crippen molar-refractivity contribution in [2.24, 2.45) is 0 Å². The zero-order chi connectivity index (χ0) is 29.2. The number of imide groups is 1. The molecule has 0 spiro atoms. The van der Waals surface area contributed by atoms with Crippen molar-refractivity contribution in [3.05, 3.63) is 35.4 Å². The zero-order valence-corrected chi connectivity index (χ0v) is 24.4. The zero-order valence-electron chi connectivity index (χ0n) is 24.4. The summed E-state index contributed by atoms with van der Waals surface area (Å²) in [6.07, 6.45) is 1.46. The highest BCUT2D eigenvalue weighted by Gasteiger charge is 2.34. The highest BCUT2D eigenvalue weighted by atomic mass is 16.6. The van der Waals surface area contributed by atoms with Crippen molar-refractivity contribution >= 4 is 11.8 Å². The molecule has 2 rings (SSSR count). The first-order chi connectivity index (χ1) is 20.3. The van der Waals surface area contributed by atoms with Crippen LogP contribution >= 0.6 is 0 Å². The Hall–Kier alpha value is -2.00. The minimum Gasteiger partial charge on any atom is -0.382 e. The summed E-state index contributed by atoms with van der Waals surface area (Å²) in [6, 6.07) is 6.93. The fraction of sp³-hybridized carbons (Fsp3) is 0.724. The van der Waals surface area contributed by atoms with Crippen molar-refractivity contribution in [3.8, 4) is 0 Å². The Morgan fingerprint density at radius 3 is 1.12 bits per heavy atom. The summed E-state index contributed by atoms with van der Waals surface area (Å²) in [6.45, 7) is 9.23. The van der Waals surface area contributed by atoms with Crippen LogP contribution in [0.1, 0.15) is 33.6 Å². The Morgan fingerprint density at radius 1 is 0.463 bits per heavy atom. The van der Waals surface area contributed by atoms with Crippen LogP contribution in [0.15, 0.2) is 24.3 Å². The SMILES string of the molecule is COCCOCCOCCOCCOCCOCCOCCOCCOCCCCN1C(=O)c2ccccc2C1=O. The van der Waals surface area contributed by atoms with Gasteiger partial charge in [0, 0.05) is 20.3 Å². The van der Waals surface area contributed by atoms with Gasteiger partial charge in [-0.05, 0) is 25.0 Å². The van der Waals surface area contributed by atoms with Gasteiger partial charge < -0.3 is 42.6 Å². The highest BCUT2D eigenvalue weighted by molar-refractivity contribution is 6.21. The maximum atomic E-state index is 12.3. The number of carbonyl (C=O) groups is 2. The van der Waals surface area contributed by atoms with E-state index in [1.165, 1.54) is 4.90 Å². The van der Waals surface area contributed by atoms with Gasteiger partial charge in [0.15, 0.2) is 0 Å². The van der Waals surface area contributed by atoms with Crippen molar-refractivity contribution in [2.75, 3.05) is 126 Å². The van der Waals surface area contributed by atoms with E-state index in [1.807, 2.05) is 0 Å². The lowest BCUT2D eigenvalue weighted by Gasteiger charge is -2.13. The third kappa shape index (κ3) is 16.3. The van der Waals surface area contributed by atoms with Crippen molar-refractivity contribution in [1.82, 2.24) is 4.90 Å². The Bertz CT molecular complexity index is 776. The molecule has 1 aromatic rings. The maximum absolute atomic E-state index is 12.3. The first-order valence-electron chi connectivity index (χ1n) is 14.3. The van der Waals surface area contributed by atoms with Crippen LogP contribution in [0.5, 0.6) is 0 Å². The van der Waals surface area contributed by atoms with Gasteiger partial charge in [0.2, 0.25) is 0 Å². The number of amides is 2. The van der Waals surface area contributed by atoms with Gasteiger partial charge in [-0.2, -0.15) is 0 Å². The van der Waals surface area contributed by atoms with E-state index in [2.05, 4.69) is 0 Å². The number of rotatable bonds is 29. The molecule has 0 saturated heterocycles. The van der Waals surface area contributed by atoms with E-state index in [-0.39, 0.29) is 11.8 Å². The second kappa shape index (κ2) is 24.6. The lowest BCUT2D eigenvalue weighted by atomic mass is 10.1. The summed E-state index contributed by atoms with van der Waals surface area (Å²) in [5.74, 6) is -0.426. The highest BCUT2D eigenvalue weighted by Crippen LogP contribution is 2.22. The van der Waals surface area contributed by atoms with Crippen molar-refractivity contribution in [1.29, 1.82) is 0 Å². The molecule has 12 nitrogen and oxygen atoms in total. The molecule has 0 unspecified atom stereocenters. The van der Waals surface area contributed by atoms with Crippen LogP contribution in [-0.4, -0.2) is 143 Å². The largest absolute Gasteiger partial charge is 0.382 e. The Balaban J connectivity index is 1.21. The van der Waals surface area contributed by atoms with Crippen LogP contribution in [0.2, 0.25) is 0 Å². The van der Waals surface area contributed by atoms with E-state index in [9.17, 15) is 9.59 Å². The molecule has 1 aromatic carbocycles. The van der Waals surface area contributed by atoms with E-state index in [1.54, 1.807) is 31.4 Å². The van der Waals surface area contributed by atoms with Crippen LogP contribution < -0.4 is 0 Å². The Morgan fingerprint density at radius 2 is 0.780 bits per heavy atom. The predicted molar refractivity (Wildman–Crippen MR) is 149 cm³/mol. The number of fused-ring (bicyclic) bond motifs is 1. The van der Waals surface area contributed by atoms with Crippen molar-refractivity contribution < 1.29 is 52.2 Å². The summed E-state index contributed by atoms with van der Waals surface area (Å²) in [5, 5.41) is 0. The summed E-state index contributed by atoms with van der Waals surface area (Å²) in [4.78, 5) is 25.9. The Labute approximate surface area is 243 Å². The van der Waals surface area contributed by atoms with Crippen LogP contribution in [0, 0.1) is 0 Å². The van der Waals surface area contributed by atoms with Crippen LogP contribution in [0.4, 0.5) is 0 Å². The molecule has 41 heavy (non-hydrogen) atoms. The molecule has 0 bridgehead atoms. The van der Waals surface area contributed by atoms with E-state index in [0.29, 0.717) is 136 Å². The molecule has 1 heterocycles. The molecule has 0 atom stereocenters. The molecule has 0 N–H and O–H groups in total. The Kier molecular flexibility index (Phi) is 21.1. The summed E-state index contributed by atoms with van der Waals surface area (Å²) in [7, 11) is 1.64. The molecule has 1 aliphatic heterocycles. The molecular formula is C29H47NO11. The number of nitrogens with zero attached hydrogens (tertiary/aromatic N) is 1. The smallest absolute Gasteiger partial charge is 0.261 e. The van der Waals surface area contributed by atoms with Crippen molar-refractivity contribution in [3.63, 3.8) is 0 Å². The molecule has 12 heteroatoms. The van der Waals surface area contributed by atoms with Gasteiger partial charge in [0.05, 0.1) is 117 Å².